The van der Waals surface area contributed by atoms with Gasteiger partial charge in [0.1, 0.15) is 18.3 Å². The molecule has 3 aromatic heterocycles. The van der Waals surface area contributed by atoms with Crippen molar-refractivity contribution in [2.75, 3.05) is 24.8 Å². The minimum atomic E-state index is -1.25. The molecule has 0 bridgehead atoms. The molecule has 0 radical (unpaired) electrons. The van der Waals surface area contributed by atoms with Gasteiger partial charge in [0, 0.05) is 11.8 Å². The largest absolute Gasteiger partial charge is 0.467 e. The molecule has 1 aromatic carbocycles. The number of benzene rings is 1. The second kappa shape index (κ2) is 9.60. The summed E-state index contributed by atoms with van der Waals surface area (Å²) in [5.74, 6) is 1.22. The number of ether oxygens (including phenoxy) is 2. The third-order valence-corrected chi connectivity index (χ3v) is 7.93. The van der Waals surface area contributed by atoms with Gasteiger partial charge in [0.25, 0.3) is 0 Å². The lowest BCUT2D eigenvalue weighted by atomic mass is 10.1. The van der Waals surface area contributed by atoms with Crippen LogP contribution in [0.1, 0.15) is 13.2 Å². The van der Waals surface area contributed by atoms with Crippen molar-refractivity contribution >= 4 is 50.3 Å². The van der Waals surface area contributed by atoms with E-state index in [1.165, 1.54) is 18.0 Å². The number of anilines is 1. The third kappa shape index (κ3) is 4.30. The van der Waals surface area contributed by atoms with E-state index in [0.717, 1.165) is 20.3 Å². The summed E-state index contributed by atoms with van der Waals surface area (Å²) in [7, 11) is 1.46. The Morgan fingerprint density at radius 3 is 2.79 bits per heavy atom. The Hall–Kier alpha value is -2.55. The highest BCUT2D eigenvalue weighted by Crippen LogP contribution is 2.34. The van der Waals surface area contributed by atoms with Crippen LogP contribution < -0.4 is 10.1 Å². The van der Waals surface area contributed by atoms with Gasteiger partial charge in [-0.05, 0) is 19.1 Å². The highest BCUT2D eigenvalue weighted by molar-refractivity contribution is 8.01. The van der Waals surface area contributed by atoms with Crippen molar-refractivity contribution in [3.63, 3.8) is 0 Å². The zero-order valence-electron chi connectivity index (χ0n) is 18.4. The van der Waals surface area contributed by atoms with Gasteiger partial charge in [-0.25, -0.2) is 9.97 Å². The molecule has 1 saturated heterocycles. The van der Waals surface area contributed by atoms with Crippen LogP contribution in [0.15, 0.2) is 34.9 Å². The van der Waals surface area contributed by atoms with Crippen molar-refractivity contribution in [2.45, 2.75) is 41.8 Å². The number of para-hydroxylation sites is 1. The summed E-state index contributed by atoms with van der Waals surface area (Å²) in [6, 6.07) is 8.18. The Morgan fingerprint density at radius 1 is 1.24 bits per heavy atom. The number of nitrogens with one attached hydrogen (secondary N) is 1. The van der Waals surface area contributed by atoms with E-state index < -0.39 is 31.1 Å². The number of methoxy groups -OCH3 is 1. The second-order valence-corrected chi connectivity index (χ2v) is 10.2. The van der Waals surface area contributed by atoms with Crippen LogP contribution in [-0.2, 0) is 4.74 Å². The summed E-state index contributed by atoms with van der Waals surface area (Å²) >= 11 is 3.32. The van der Waals surface area contributed by atoms with Gasteiger partial charge in [-0.1, -0.05) is 23.9 Å². The Balaban J connectivity index is 1.36. The predicted molar refractivity (Wildman–Crippen MR) is 128 cm³/mol. The molecular weight excluding hydrogens is 480 g/mol. The maximum Gasteiger partial charge on any atom is 0.320 e. The highest BCUT2D eigenvalue weighted by atomic mass is 32.2. The number of rotatable bonds is 8. The Kier molecular flexibility index (Phi) is 6.55. The number of aromatic nitrogens is 5. The van der Waals surface area contributed by atoms with E-state index in [-0.39, 0.29) is 12.1 Å². The average Bonchev–Trinajstić information content (AvgIpc) is 3.53. The fourth-order valence-corrected chi connectivity index (χ4v) is 5.81. The van der Waals surface area contributed by atoms with Gasteiger partial charge in [-0.15, -0.1) is 11.3 Å². The first kappa shape index (κ1) is 23.2. The minimum absolute atomic E-state index is 0.0129. The van der Waals surface area contributed by atoms with Gasteiger partial charge >= 0.3 is 6.01 Å². The quantitative estimate of drug-likeness (QED) is 0.260. The Bertz CT molecular complexity index is 1270. The molecule has 34 heavy (non-hydrogen) atoms. The van der Waals surface area contributed by atoms with Crippen LogP contribution in [0.4, 0.5) is 5.82 Å². The van der Waals surface area contributed by atoms with E-state index in [4.69, 9.17) is 9.47 Å². The van der Waals surface area contributed by atoms with Crippen LogP contribution in [0.2, 0.25) is 0 Å². The van der Waals surface area contributed by atoms with Crippen molar-refractivity contribution in [1.82, 2.24) is 24.5 Å². The summed E-state index contributed by atoms with van der Waals surface area (Å²) in [6.45, 7) is 1.61. The van der Waals surface area contributed by atoms with E-state index in [1.807, 2.05) is 25.1 Å². The van der Waals surface area contributed by atoms with E-state index >= 15 is 0 Å². The van der Waals surface area contributed by atoms with Crippen LogP contribution in [0, 0.1) is 0 Å². The van der Waals surface area contributed by atoms with Gasteiger partial charge in [0.2, 0.25) is 0 Å². The van der Waals surface area contributed by atoms with Crippen molar-refractivity contribution in [3.05, 3.63) is 30.6 Å². The molecule has 11 nitrogen and oxygen atoms in total. The van der Waals surface area contributed by atoms with Crippen LogP contribution in [0.5, 0.6) is 6.01 Å². The first-order valence-electron chi connectivity index (χ1n) is 10.6. The molecule has 180 valence electrons. The SMILES string of the molecule is COc1nc(N[C@H](C)CSc2nc3ccccc3s2)c2ncn([C@@H]3O[C@H](CO)C(O)C3O)c2n1. The molecule has 4 aromatic rings. The van der Waals surface area contributed by atoms with Crippen molar-refractivity contribution in [2.24, 2.45) is 0 Å². The van der Waals surface area contributed by atoms with Crippen molar-refractivity contribution in [3.8, 4) is 6.01 Å². The molecule has 0 spiro atoms. The molecule has 5 rings (SSSR count). The number of fused-ring (bicyclic) bond motifs is 2. The monoisotopic (exact) mass is 504 g/mol. The van der Waals surface area contributed by atoms with Crippen molar-refractivity contribution in [1.29, 1.82) is 0 Å². The molecule has 0 saturated carbocycles. The van der Waals surface area contributed by atoms with Gasteiger partial charge in [-0.2, -0.15) is 9.97 Å². The molecule has 1 fully saturated rings. The summed E-state index contributed by atoms with van der Waals surface area (Å²) in [6.07, 6.45) is -2.88. The fourth-order valence-electron chi connectivity index (χ4n) is 3.77. The summed E-state index contributed by atoms with van der Waals surface area (Å²) in [5, 5.41) is 33.3. The number of hydrogen-bond acceptors (Lipinski definition) is 12. The van der Waals surface area contributed by atoms with Crippen LogP contribution >= 0.6 is 23.1 Å². The standard InChI is InChI=1S/C21H24N6O5S2/c1-10(8-33-21-24-11-5-3-4-6-13(11)34-21)23-17-14-18(26-20(25-17)31-2)27(9-22-14)19-16(30)15(29)12(7-28)32-19/h3-6,9-10,12,15-16,19,28-30H,7-8H2,1-2H3,(H,23,25,26)/t10-,12-,15?,16?,19-/m1/s1. The first-order valence-corrected chi connectivity index (χ1v) is 12.4. The molecule has 2 unspecified atom stereocenters. The van der Waals surface area contributed by atoms with E-state index in [9.17, 15) is 15.3 Å². The Morgan fingerprint density at radius 2 is 2.06 bits per heavy atom. The third-order valence-electron chi connectivity index (χ3n) is 5.49. The lowest BCUT2D eigenvalue weighted by molar-refractivity contribution is -0.0511. The average molecular weight is 505 g/mol. The number of hydrogen-bond donors (Lipinski definition) is 4. The van der Waals surface area contributed by atoms with E-state index in [2.05, 4.69) is 31.3 Å². The lowest BCUT2D eigenvalue weighted by Gasteiger charge is -2.17. The number of imidazole rings is 1. The summed E-state index contributed by atoms with van der Waals surface area (Å²) in [5.41, 5.74) is 1.83. The Labute approximate surface area is 202 Å². The molecule has 1 aliphatic heterocycles. The number of aliphatic hydroxyl groups excluding tert-OH is 3. The number of nitrogens with zero attached hydrogens (tertiary/aromatic N) is 5. The molecule has 0 amide bonds. The molecule has 0 aliphatic carbocycles. The summed E-state index contributed by atoms with van der Waals surface area (Å²) in [4.78, 5) is 17.9. The molecule has 5 atom stereocenters. The van der Waals surface area contributed by atoms with Gasteiger partial charge < -0.3 is 30.1 Å². The maximum atomic E-state index is 10.4. The van der Waals surface area contributed by atoms with E-state index in [0.29, 0.717) is 17.0 Å². The van der Waals surface area contributed by atoms with Gasteiger partial charge in [0.05, 0.1) is 30.3 Å². The minimum Gasteiger partial charge on any atom is -0.467 e. The molecule has 1 aliphatic rings. The second-order valence-electron chi connectivity index (χ2n) is 7.92. The first-order chi connectivity index (χ1) is 16.5. The lowest BCUT2D eigenvalue weighted by Crippen LogP contribution is -2.33. The van der Waals surface area contributed by atoms with Crippen LogP contribution in [-0.4, -0.2) is 83.6 Å². The van der Waals surface area contributed by atoms with Gasteiger partial charge in [-0.3, -0.25) is 4.57 Å². The number of aliphatic hydroxyl groups is 3. The van der Waals surface area contributed by atoms with Gasteiger partial charge in [0.15, 0.2) is 27.5 Å². The highest BCUT2D eigenvalue weighted by Gasteiger charge is 2.44. The maximum absolute atomic E-state index is 10.4. The smallest absolute Gasteiger partial charge is 0.320 e. The molecule has 4 heterocycles. The molecular formula is C21H24N6O5S2. The summed E-state index contributed by atoms with van der Waals surface area (Å²) < 4.78 is 14.6. The van der Waals surface area contributed by atoms with E-state index in [1.54, 1.807) is 23.1 Å². The van der Waals surface area contributed by atoms with Crippen LogP contribution in [0.3, 0.4) is 0 Å². The number of thioether (sulfide) groups is 1. The fraction of sp³-hybridized carbons (Fsp3) is 0.429. The van der Waals surface area contributed by atoms with Crippen molar-refractivity contribution < 1.29 is 24.8 Å². The number of thiazole rings is 1. The molecule has 13 heteroatoms. The van der Waals surface area contributed by atoms with Crippen LogP contribution in [0.25, 0.3) is 21.4 Å². The zero-order chi connectivity index (χ0) is 23.8. The normalized spacial score (nSPS) is 23.6. The molecule has 4 N–H and O–H groups in total. The zero-order valence-corrected chi connectivity index (χ0v) is 20.0. The topological polar surface area (TPSA) is 148 Å². The predicted octanol–water partition coefficient (Wildman–Crippen LogP) is 1.65.